The Hall–Kier alpha value is -2.84. The quantitative estimate of drug-likeness (QED) is 0.567. The number of aromatic nitrogens is 1. The van der Waals surface area contributed by atoms with Gasteiger partial charge in [0.2, 0.25) is 5.88 Å². The third kappa shape index (κ3) is 4.52. The van der Waals surface area contributed by atoms with Gasteiger partial charge in [-0.15, -0.1) is 0 Å². The van der Waals surface area contributed by atoms with E-state index in [0.717, 1.165) is 11.3 Å². The third-order valence-corrected chi connectivity index (χ3v) is 5.22. The summed E-state index contributed by atoms with van der Waals surface area (Å²) in [6.07, 6.45) is 0.265. The number of amides is 1. The van der Waals surface area contributed by atoms with E-state index in [4.69, 9.17) is 16.3 Å². The first-order chi connectivity index (χ1) is 13.4. The van der Waals surface area contributed by atoms with Gasteiger partial charge in [-0.1, -0.05) is 35.1 Å². The van der Waals surface area contributed by atoms with Crippen LogP contribution < -0.4 is 14.9 Å². The number of methoxy groups -OCH3 is 1. The molecule has 0 fully saturated rings. The first-order valence-corrected chi connectivity index (χ1v) is 9.37. The molecule has 0 bridgehead atoms. The molecule has 2 aromatic carbocycles. The summed E-state index contributed by atoms with van der Waals surface area (Å²) in [5.74, 6) is -0.589. The molecule has 6 nitrogen and oxygen atoms in total. The van der Waals surface area contributed by atoms with E-state index >= 15 is 0 Å². The maximum absolute atomic E-state index is 14.1. The smallest absolute Gasteiger partial charge is 0.307 e. The fraction of sp³-hybridized carbons (Fsp3) is 0.158. The number of hydrogen-bond acceptors (Lipinski definition) is 5. The number of rotatable bonds is 6. The number of benzene rings is 2. The minimum atomic E-state index is -0.476. The van der Waals surface area contributed by atoms with Crippen LogP contribution in [0.3, 0.4) is 0 Å². The van der Waals surface area contributed by atoms with Crippen molar-refractivity contribution < 1.29 is 19.0 Å². The van der Waals surface area contributed by atoms with E-state index < -0.39 is 11.7 Å². The Morgan fingerprint density at radius 3 is 2.75 bits per heavy atom. The van der Waals surface area contributed by atoms with E-state index in [1.165, 1.54) is 25.3 Å². The molecule has 0 aliphatic rings. The van der Waals surface area contributed by atoms with Crippen LogP contribution in [-0.4, -0.2) is 23.1 Å². The third-order valence-electron chi connectivity index (χ3n) is 4.04. The summed E-state index contributed by atoms with van der Waals surface area (Å²) < 4.78 is 19.2. The number of ether oxygens (including phenoxy) is 1. The molecule has 3 rings (SSSR count). The van der Waals surface area contributed by atoms with Crippen LogP contribution in [0.2, 0.25) is 5.02 Å². The number of carbonyl (C=O) groups is 1. The molecule has 0 unspecified atom stereocenters. The predicted molar refractivity (Wildman–Crippen MR) is 105 cm³/mol. The fourth-order valence-electron chi connectivity index (χ4n) is 2.61. The van der Waals surface area contributed by atoms with Crippen molar-refractivity contribution in [1.29, 1.82) is 0 Å². The van der Waals surface area contributed by atoms with E-state index in [9.17, 15) is 19.1 Å². The van der Waals surface area contributed by atoms with Crippen molar-refractivity contribution in [2.45, 2.75) is 13.0 Å². The van der Waals surface area contributed by atoms with E-state index in [0.29, 0.717) is 16.2 Å². The van der Waals surface area contributed by atoms with Gasteiger partial charge in [-0.25, -0.2) is 4.39 Å². The molecule has 1 aromatic heterocycles. The molecule has 1 amide bonds. The molecule has 3 N–H and O–H groups in total. The fourth-order valence-corrected chi connectivity index (χ4v) is 3.62. The lowest BCUT2D eigenvalue weighted by molar-refractivity contribution is 0.0950. The number of aromatic hydroxyl groups is 1. The van der Waals surface area contributed by atoms with Crippen LogP contribution in [0.5, 0.6) is 11.6 Å². The zero-order valence-electron chi connectivity index (χ0n) is 14.7. The van der Waals surface area contributed by atoms with Gasteiger partial charge in [-0.3, -0.25) is 14.6 Å². The molecule has 146 valence electrons. The molecule has 0 aliphatic heterocycles. The Bertz CT molecular complexity index is 1080. The van der Waals surface area contributed by atoms with Crippen molar-refractivity contribution >= 4 is 28.8 Å². The highest BCUT2D eigenvalue weighted by Gasteiger charge is 2.13. The van der Waals surface area contributed by atoms with Gasteiger partial charge in [0, 0.05) is 18.5 Å². The van der Waals surface area contributed by atoms with Crippen molar-refractivity contribution in [2.24, 2.45) is 0 Å². The van der Waals surface area contributed by atoms with Crippen molar-refractivity contribution in [2.75, 3.05) is 7.11 Å². The highest BCUT2D eigenvalue weighted by Crippen LogP contribution is 2.23. The Kier molecular flexibility index (Phi) is 6.01. The van der Waals surface area contributed by atoms with Gasteiger partial charge in [-0.05, 0) is 29.8 Å². The molecule has 0 saturated carbocycles. The Morgan fingerprint density at radius 2 is 2.11 bits per heavy atom. The summed E-state index contributed by atoms with van der Waals surface area (Å²) in [6.45, 7) is -0.0454. The number of thiazole rings is 1. The van der Waals surface area contributed by atoms with Crippen LogP contribution >= 0.6 is 22.9 Å². The molecule has 0 radical (unpaired) electrons. The number of nitrogens with one attached hydrogen (secondary N) is 2. The van der Waals surface area contributed by atoms with Crippen molar-refractivity contribution in [3.63, 3.8) is 0 Å². The van der Waals surface area contributed by atoms with Gasteiger partial charge in [0.15, 0.2) is 0 Å². The first-order valence-electron chi connectivity index (χ1n) is 8.17. The Morgan fingerprint density at radius 1 is 1.32 bits per heavy atom. The summed E-state index contributed by atoms with van der Waals surface area (Å²) in [5.41, 5.74) is 1.22. The molecule has 1 heterocycles. The molecule has 3 aromatic rings. The van der Waals surface area contributed by atoms with Gasteiger partial charge in [0.1, 0.15) is 11.6 Å². The Labute approximate surface area is 168 Å². The second-order valence-electron chi connectivity index (χ2n) is 5.92. The predicted octanol–water partition coefficient (Wildman–Crippen LogP) is 3.46. The molecular formula is C19H16ClFN2O4S. The molecule has 0 atom stereocenters. The minimum absolute atomic E-state index is 0.0454. The molecule has 28 heavy (non-hydrogen) atoms. The van der Waals surface area contributed by atoms with Crippen LogP contribution in [0.15, 0.2) is 41.2 Å². The van der Waals surface area contributed by atoms with Crippen molar-refractivity contribution in [3.8, 4) is 11.6 Å². The highest BCUT2D eigenvalue weighted by molar-refractivity contribution is 7.09. The number of halogens is 2. The lowest BCUT2D eigenvalue weighted by Crippen LogP contribution is -2.23. The summed E-state index contributed by atoms with van der Waals surface area (Å²) in [4.78, 5) is 26.0. The second kappa shape index (κ2) is 8.45. The van der Waals surface area contributed by atoms with E-state index in [-0.39, 0.29) is 39.9 Å². The average molecular weight is 423 g/mol. The largest absolute Gasteiger partial charge is 0.497 e. The standard InChI is InChI=1S/C19H16ClFN2O4S/c1-27-12-3-4-13(14(20)8-12)17(24)22-9-11-6-10(2-5-15(11)21)7-16-18(25)23-19(26)28-16/h2-6,8,25H,7,9H2,1H3,(H,22,24)(H,23,26). The van der Waals surface area contributed by atoms with Gasteiger partial charge >= 0.3 is 4.87 Å². The normalized spacial score (nSPS) is 10.7. The second-order valence-corrected chi connectivity index (χ2v) is 7.39. The summed E-state index contributed by atoms with van der Waals surface area (Å²) in [6, 6.07) is 9.08. The maximum Gasteiger partial charge on any atom is 0.307 e. The first kappa shape index (κ1) is 19.9. The monoisotopic (exact) mass is 422 g/mol. The van der Waals surface area contributed by atoms with E-state index in [2.05, 4.69) is 10.3 Å². The van der Waals surface area contributed by atoms with Gasteiger partial charge in [0.05, 0.1) is 22.6 Å². The molecule has 9 heteroatoms. The van der Waals surface area contributed by atoms with Crippen LogP contribution in [0.4, 0.5) is 4.39 Å². The van der Waals surface area contributed by atoms with E-state index in [1.807, 2.05) is 0 Å². The SMILES string of the molecule is COc1ccc(C(=O)NCc2cc(Cc3sc(=O)[nH]c3O)ccc2F)c(Cl)c1. The van der Waals surface area contributed by atoms with Crippen LogP contribution in [0.25, 0.3) is 0 Å². The number of carbonyl (C=O) groups excluding carboxylic acids is 1. The summed E-state index contributed by atoms with van der Waals surface area (Å²) in [5, 5.41) is 12.5. The lowest BCUT2D eigenvalue weighted by atomic mass is 10.1. The number of aromatic amines is 1. The number of H-pyrrole nitrogens is 1. The molecule has 0 saturated heterocycles. The molecular weight excluding hydrogens is 407 g/mol. The van der Waals surface area contributed by atoms with Crippen molar-refractivity contribution in [1.82, 2.24) is 10.3 Å². The highest BCUT2D eigenvalue weighted by atomic mass is 35.5. The van der Waals surface area contributed by atoms with Gasteiger partial charge in [-0.2, -0.15) is 0 Å². The van der Waals surface area contributed by atoms with Crippen molar-refractivity contribution in [3.05, 3.63) is 78.5 Å². The zero-order chi connectivity index (χ0) is 20.3. The number of hydrogen-bond donors (Lipinski definition) is 3. The van der Waals surface area contributed by atoms with Gasteiger partial charge in [0.25, 0.3) is 5.91 Å². The van der Waals surface area contributed by atoms with Gasteiger partial charge < -0.3 is 15.2 Å². The van der Waals surface area contributed by atoms with E-state index in [1.54, 1.807) is 18.2 Å². The lowest BCUT2D eigenvalue weighted by Gasteiger charge is -2.10. The summed E-state index contributed by atoms with van der Waals surface area (Å²) in [7, 11) is 1.49. The minimum Gasteiger partial charge on any atom is -0.497 e. The van der Waals surface area contributed by atoms with Crippen LogP contribution in [0.1, 0.15) is 26.4 Å². The van der Waals surface area contributed by atoms with Crippen LogP contribution in [-0.2, 0) is 13.0 Å². The Balaban J connectivity index is 1.72. The van der Waals surface area contributed by atoms with Crippen LogP contribution in [0, 0.1) is 5.82 Å². The maximum atomic E-state index is 14.1. The zero-order valence-corrected chi connectivity index (χ0v) is 16.3. The average Bonchev–Trinajstić information content (AvgIpc) is 2.98. The summed E-state index contributed by atoms with van der Waals surface area (Å²) >= 11 is 6.97. The molecule has 0 spiro atoms. The molecule has 0 aliphatic carbocycles. The topological polar surface area (TPSA) is 91.4 Å².